The van der Waals surface area contributed by atoms with E-state index in [1.165, 1.54) is 34.0 Å². The van der Waals surface area contributed by atoms with Crippen molar-refractivity contribution in [2.45, 2.75) is 166 Å². The minimum absolute atomic E-state index is 0.0352. The van der Waals surface area contributed by atoms with E-state index in [-0.39, 0.29) is 83.8 Å². The highest BCUT2D eigenvalue weighted by molar-refractivity contribution is 7.22. The normalized spacial score (nSPS) is 26.8. The van der Waals surface area contributed by atoms with E-state index in [4.69, 9.17) is 67.8 Å². The first-order chi connectivity index (χ1) is 48.1. The Morgan fingerprint density at radius 1 is 0.594 bits per heavy atom. The van der Waals surface area contributed by atoms with Gasteiger partial charge in [0.15, 0.2) is 0 Å². The van der Waals surface area contributed by atoms with Gasteiger partial charge < -0.3 is 52.0 Å². The number of alkyl halides is 6. The van der Waals surface area contributed by atoms with Crippen LogP contribution < -0.4 is 31.9 Å². The van der Waals surface area contributed by atoms with Gasteiger partial charge in [-0.25, -0.2) is 29.9 Å². The fourth-order valence-corrected chi connectivity index (χ4v) is 20.4. The van der Waals surface area contributed by atoms with Gasteiger partial charge in [-0.1, -0.05) is 67.4 Å². The summed E-state index contributed by atoms with van der Waals surface area (Å²) in [6, 6.07) is 19.8. The number of hydrogen-bond acceptors (Lipinski definition) is 22. The van der Waals surface area contributed by atoms with Gasteiger partial charge in [-0.2, -0.15) is 41.3 Å². The number of nitrogens with zero attached hydrogens (tertiary/aromatic N) is 9. The number of aliphatic hydroxyl groups excluding tert-OH is 3. The highest BCUT2D eigenvalue weighted by Crippen LogP contribution is 2.71. The van der Waals surface area contributed by atoms with Crippen LogP contribution in [0.4, 0.5) is 61.6 Å². The molecule has 101 heavy (non-hydrogen) atoms. The second-order valence-electron chi connectivity index (χ2n) is 28.8. The Hall–Kier alpha value is -6.63. The molecule has 11 atom stereocenters. The Kier molecular flexibility index (Phi) is 19.4. The molecule has 0 spiro atoms. The average molecular weight is 1490 g/mol. The molecule has 14 rings (SSSR count). The number of rotatable bonds is 28. The van der Waals surface area contributed by atoms with Crippen molar-refractivity contribution in [3.63, 3.8) is 0 Å². The molecule has 0 amide bonds. The van der Waals surface area contributed by atoms with Crippen molar-refractivity contribution in [2.24, 2.45) is 34.5 Å². The molecule has 0 radical (unpaired) electrons. The monoisotopic (exact) mass is 1490 g/mol. The molecule has 9 aromatic rings. The van der Waals surface area contributed by atoms with Gasteiger partial charge in [0.25, 0.3) is 0 Å². The van der Waals surface area contributed by atoms with Crippen LogP contribution in [0.2, 0.25) is 10.3 Å². The number of hydrogen-bond donors (Lipinski definition) is 9. The van der Waals surface area contributed by atoms with E-state index < -0.39 is 59.4 Å². The van der Waals surface area contributed by atoms with Crippen LogP contribution in [0.3, 0.4) is 0 Å². The fourth-order valence-electron chi connectivity index (χ4n) is 16.6. The molecule has 6 heterocycles. The third-order valence-electron chi connectivity index (χ3n) is 22.5. The quantitative estimate of drug-likeness (QED) is 0.0125. The summed E-state index contributed by atoms with van der Waals surface area (Å²) in [5, 5.41) is 57.2. The van der Waals surface area contributed by atoms with Crippen molar-refractivity contribution < 1.29 is 46.4 Å². The smallest absolute Gasteiger partial charge is 0.389 e. The van der Waals surface area contributed by atoms with E-state index in [1.54, 1.807) is 0 Å². The van der Waals surface area contributed by atoms with Crippen molar-refractivity contribution in [1.29, 1.82) is 0 Å². The van der Waals surface area contributed by atoms with Crippen molar-refractivity contribution in [3.05, 3.63) is 87.8 Å². The molecular weight excluding hydrogens is 1410 g/mol. The molecule has 11 unspecified atom stereocenters. The summed E-state index contributed by atoms with van der Waals surface area (Å²) in [7, 11) is 0. The number of halogens is 8. The number of thiazole rings is 3. The van der Waals surface area contributed by atoms with Gasteiger partial charge in [0.2, 0.25) is 17.8 Å². The van der Waals surface area contributed by atoms with Crippen molar-refractivity contribution >= 4 is 123 Å². The number of anilines is 6. The molecule has 19 nitrogen and oxygen atoms in total. The lowest BCUT2D eigenvalue weighted by Gasteiger charge is -2.38. The maximum atomic E-state index is 13.4. The number of para-hydroxylation sites is 2. The second-order valence-corrected chi connectivity index (χ2v) is 32.6. The molecule has 0 saturated heterocycles. The topological polar surface area (TPSA) is 258 Å². The average Bonchev–Trinajstić information content (AvgIpc) is 1.49. The molecule has 538 valence electrons. The third-order valence-corrected chi connectivity index (χ3v) is 26.2. The largest absolute Gasteiger partial charge is 0.396 e. The van der Waals surface area contributed by atoms with Crippen LogP contribution in [0, 0.1) is 41.4 Å². The Morgan fingerprint density at radius 3 is 1.81 bits per heavy atom. The number of ether oxygens (including phenoxy) is 1. The molecule has 0 aliphatic heterocycles. The molecule has 5 fully saturated rings. The molecule has 5 saturated carbocycles. The zero-order valence-electron chi connectivity index (χ0n) is 56.7. The van der Waals surface area contributed by atoms with E-state index in [0.29, 0.717) is 125 Å². The molecule has 3 aromatic carbocycles. The Labute approximate surface area is 602 Å². The Bertz CT molecular complexity index is 4560. The number of fused-ring (bicyclic) bond motifs is 5. The van der Waals surface area contributed by atoms with Gasteiger partial charge in [0, 0.05) is 73.1 Å². The predicted molar refractivity (Wildman–Crippen MR) is 389 cm³/mol. The third kappa shape index (κ3) is 13.7. The zero-order valence-corrected chi connectivity index (χ0v) is 60.7. The van der Waals surface area contributed by atoms with Gasteiger partial charge >= 0.3 is 12.4 Å². The van der Waals surface area contributed by atoms with E-state index in [9.17, 15) is 41.7 Å². The van der Waals surface area contributed by atoms with Crippen molar-refractivity contribution in [3.8, 4) is 31.7 Å². The lowest BCUT2D eigenvalue weighted by atomic mass is 9.78. The number of aryl methyl sites for hydroxylation is 1. The van der Waals surface area contributed by atoms with Crippen LogP contribution in [0.1, 0.15) is 122 Å². The first kappa shape index (κ1) is 71.4. The maximum Gasteiger partial charge on any atom is 0.389 e. The Balaban J connectivity index is 0.765. The summed E-state index contributed by atoms with van der Waals surface area (Å²) in [4.78, 5) is 44.6. The van der Waals surface area contributed by atoms with Gasteiger partial charge in [0.05, 0.1) is 71.8 Å². The van der Waals surface area contributed by atoms with Crippen LogP contribution in [-0.4, -0.2) is 141 Å². The molecule has 9 N–H and O–H groups in total. The molecule has 0 bridgehead atoms. The minimum Gasteiger partial charge on any atom is -0.396 e. The second kappa shape index (κ2) is 27.4. The van der Waals surface area contributed by atoms with Gasteiger partial charge in [-0.15, -0.1) is 34.0 Å². The fraction of sp³-hybridized carbons (Fsp3) is 0.535. The van der Waals surface area contributed by atoms with Gasteiger partial charge in [-0.3, -0.25) is 0 Å². The van der Waals surface area contributed by atoms with Crippen LogP contribution in [0.5, 0.6) is 0 Å². The molecule has 30 heteroatoms. The van der Waals surface area contributed by atoms with Gasteiger partial charge in [0.1, 0.15) is 42.8 Å². The summed E-state index contributed by atoms with van der Waals surface area (Å²) in [5.74, 6) is 1.56. The van der Waals surface area contributed by atoms with Crippen LogP contribution in [-0.2, 0) is 17.6 Å². The summed E-state index contributed by atoms with van der Waals surface area (Å²) < 4.78 is 88.3. The molecule has 6 aromatic heterocycles. The minimum atomic E-state index is -4.34. The zero-order chi connectivity index (χ0) is 71.2. The SMILES string of the molecule is CCCOCCNc1nc(Cl)c(-c2nc3c(CC45C(O)C4CCC5(C)Nc4nc(NCCCC(F)(F)F)nc(C)c4-c4nc5cc(CC6C(CO)CCC6(C)Nc6nc(NCCCC(F)(F)F)nc(Cl)c6-c6nc7ccccc7s6)ccc5s4)cccc3s2)c(NC2(C)CCC3C(O)C32C)n1. The lowest BCUT2D eigenvalue weighted by molar-refractivity contribution is -0.135. The molecule has 5 aliphatic carbocycles. The molecular formula is C71H81Cl2F6N15O4S3. The van der Waals surface area contributed by atoms with Crippen molar-refractivity contribution in [1.82, 2.24) is 44.9 Å². The van der Waals surface area contributed by atoms with E-state index in [2.05, 4.69) is 77.6 Å². The summed E-state index contributed by atoms with van der Waals surface area (Å²) in [6.45, 7) is 13.7. The first-order valence-corrected chi connectivity index (χ1v) is 37.8. The standard InChI is InChI=1S/C71H81Cl2F6N15O4S3/c1-7-30-98-31-29-82-64-88-55(73)50(58(91-64)93-66(4)25-20-40-52(96)68(40,66)6)61-86-51-38(13-10-16-47(51)101-61)34-69-41(53(69)97)21-26-67(69,5)94-56-48(36(2)83-62(89-56)80-27-11-22-70(74,75)76)59-85-44-33-37(17-18-46(44)100-59)32-42-39(35-95)19-24-65(42,3)92-57-49(60-84-43-14-8-9-15-45(43)99-60)54(72)87-63(90-57)81-28-12-23-71(77,78)79/h8-10,13-18,33,39-42,52-53,95-97H,7,11-12,19-32,34-35H2,1-6H3,(H2,80,83,89,94)(H2,81,87,90,92)(H2,82,88,91,93). The van der Waals surface area contributed by atoms with Crippen LogP contribution >= 0.6 is 57.2 Å². The Morgan fingerprint density at radius 2 is 1.17 bits per heavy atom. The van der Waals surface area contributed by atoms with Crippen molar-refractivity contribution in [2.75, 3.05) is 71.4 Å². The van der Waals surface area contributed by atoms with E-state index in [1.807, 2.05) is 61.5 Å². The lowest BCUT2D eigenvalue weighted by Crippen LogP contribution is -2.46. The van der Waals surface area contributed by atoms with Crippen LogP contribution in [0.15, 0.2) is 60.7 Å². The summed E-state index contributed by atoms with van der Waals surface area (Å²) in [6.07, 6.45) is -6.01. The number of aromatic nitrogens is 9. The summed E-state index contributed by atoms with van der Waals surface area (Å²) in [5.41, 5.74) is 3.05. The number of nitrogens with one attached hydrogen (secondary N) is 6. The highest BCUT2D eigenvalue weighted by Gasteiger charge is 2.76. The first-order valence-electron chi connectivity index (χ1n) is 34.6. The van der Waals surface area contributed by atoms with E-state index >= 15 is 0 Å². The highest BCUT2D eigenvalue weighted by atomic mass is 35.5. The number of aliphatic hydroxyl groups is 3. The van der Waals surface area contributed by atoms with Gasteiger partial charge in [-0.05, 0) is 163 Å². The number of benzene rings is 3. The van der Waals surface area contributed by atoms with Crippen LogP contribution in [0.25, 0.3) is 62.4 Å². The van der Waals surface area contributed by atoms with E-state index in [0.717, 1.165) is 55.5 Å². The summed E-state index contributed by atoms with van der Waals surface area (Å²) >= 11 is 18.6. The molecule has 5 aliphatic rings. The maximum absolute atomic E-state index is 13.4. The predicted octanol–water partition coefficient (Wildman–Crippen LogP) is 16.4.